The fourth-order valence-corrected chi connectivity index (χ4v) is 2.90. The van der Waals surface area contributed by atoms with Gasteiger partial charge in [0.2, 0.25) is 5.91 Å². The number of carbonyl (C=O) groups is 1. The van der Waals surface area contributed by atoms with Gasteiger partial charge in [0.1, 0.15) is 0 Å². The molecule has 1 amide bonds. The van der Waals surface area contributed by atoms with Crippen molar-refractivity contribution < 1.29 is 4.79 Å². The Bertz CT molecular complexity index is 452. The Morgan fingerprint density at radius 1 is 1.29 bits per heavy atom. The SMILES string of the molecule is CN(C(=O)CCc1ccncc1)C(C)(C)CN1CCCC1. The standard InChI is InChI=1S/C17H27N3O/c1-17(2,14-20-12-4-5-13-20)19(3)16(21)7-6-15-8-10-18-11-9-15/h8-11H,4-7,12-14H2,1-3H3. The number of rotatable bonds is 6. The fraction of sp³-hybridized carbons (Fsp3) is 0.647. The summed E-state index contributed by atoms with van der Waals surface area (Å²) in [5, 5.41) is 0. The molecule has 0 saturated carbocycles. The molecule has 21 heavy (non-hydrogen) atoms. The number of carbonyl (C=O) groups excluding carboxylic acids is 1. The van der Waals surface area contributed by atoms with Crippen LogP contribution in [0, 0.1) is 0 Å². The Kier molecular flexibility index (Phi) is 5.34. The summed E-state index contributed by atoms with van der Waals surface area (Å²) in [6, 6.07) is 3.95. The summed E-state index contributed by atoms with van der Waals surface area (Å²) in [4.78, 5) is 20.8. The van der Waals surface area contributed by atoms with Crippen LogP contribution in [0.25, 0.3) is 0 Å². The van der Waals surface area contributed by atoms with Crippen molar-refractivity contribution in [2.75, 3.05) is 26.7 Å². The maximum absolute atomic E-state index is 12.4. The fourth-order valence-electron chi connectivity index (χ4n) is 2.90. The quantitative estimate of drug-likeness (QED) is 0.806. The molecule has 1 fully saturated rings. The molecule has 1 saturated heterocycles. The zero-order chi connectivity index (χ0) is 15.3. The van der Waals surface area contributed by atoms with E-state index in [-0.39, 0.29) is 11.4 Å². The zero-order valence-corrected chi connectivity index (χ0v) is 13.5. The van der Waals surface area contributed by atoms with Gasteiger partial charge in [-0.05, 0) is 63.9 Å². The van der Waals surface area contributed by atoms with Crippen molar-refractivity contribution in [3.05, 3.63) is 30.1 Å². The number of hydrogen-bond acceptors (Lipinski definition) is 3. The molecule has 0 radical (unpaired) electrons. The predicted octanol–water partition coefficient (Wildman–Crippen LogP) is 2.35. The molecule has 2 rings (SSSR count). The number of amides is 1. The van der Waals surface area contributed by atoms with Crippen LogP contribution in [-0.4, -0.2) is 52.9 Å². The van der Waals surface area contributed by atoms with E-state index in [1.807, 2.05) is 24.1 Å². The Balaban J connectivity index is 1.85. The Morgan fingerprint density at radius 3 is 2.52 bits per heavy atom. The molecule has 0 spiro atoms. The highest BCUT2D eigenvalue weighted by Gasteiger charge is 2.30. The number of likely N-dealkylation sites (tertiary alicyclic amines) is 1. The first-order valence-corrected chi connectivity index (χ1v) is 7.87. The van der Waals surface area contributed by atoms with Gasteiger partial charge in [-0.1, -0.05) is 0 Å². The number of aryl methyl sites for hydroxylation is 1. The van der Waals surface area contributed by atoms with Crippen LogP contribution in [-0.2, 0) is 11.2 Å². The minimum absolute atomic E-state index is 0.111. The van der Waals surface area contributed by atoms with Crippen molar-refractivity contribution in [1.82, 2.24) is 14.8 Å². The Hall–Kier alpha value is -1.42. The van der Waals surface area contributed by atoms with E-state index >= 15 is 0 Å². The summed E-state index contributed by atoms with van der Waals surface area (Å²) >= 11 is 0. The average molecular weight is 289 g/mol. The molecule has 2 heterocycles. The van der Waals surface area contributed by atoms with E-state index in [9.17, 15) is 4.79 Å². The molecule has 116 valence electrons. The molecule has 4 nitrogen and oxygen atoms in total. The third-order valence-electron chi connectivity index (χ3n) is 4.47. The highest BCUT2D eigenvalue weighted by molar-refractivity contribution is 5.77. The van der Waals surface area contributed by atoms with Crippen LogP contribution in [0.15, 0.2) is 24.5 Å². The van der Waals surface area contributed by atoms with Crippen LogP contribution in [0.1, 0.15) is 38.7 Å². The van der Waals surface area contributed by atoms with Crippen molar-refractivity contribution in [2.45, 2.75) is 45.1 Å². The summed E-state index contributed by atoms with van der Waals surface area (Å²) in [6.07, 6.45) is 7.47. The van der Waals surface area contributed by atoms with Crippen molar-refractivity contribution >= 4 is 5.91 Å². The van der Waals surface area contributed by atoms with E-state index in [2.05, 4.69) is 23.7 Å². The van der Waals surface area contributed by atoms with Gasteiger partial charge in [0.05, 0.1) is 0 Å². The number of pyridine rings is 1. The van der Waals surface area contributed by atoms with Crippen LogP contribution in [0.2, 0.25) is 0 Å². The normalized spacial score (nSPS) is 16.1. The molecule has 1 aliphatic rings. The lowest BCUT2D eigenvalue weighted by atomic mass is 10.0. The van der Waals surface area contributed by atoms with Gasteiger partial charge in [-0.15, -0.1) is 0 Å². The van der Waals surface area contributed by atoms with Gasteiger partial charge in [-0.2, -0.15) is 0 Å². The second-order valence-corrected chi connectivity index (χ2v) is 6.60. The molecule has 1 aromatic heterocycles. The summed E-state index contributed by atoms with van der Waals surface area (Å²) < 4.78 is 0. The smallest absolute Gasteiger partial charge is 0.223 e. The molecular formula is C17H27N3O. The Morgan fingerprint density at radius 2 is 1.90 bits per heavy atom. The molecule has 0 aliphatic carbocycles. The lowest BCUT2D eigenvalue weighted by Crippen LogP contribution is -2.51. The number of aromatic nitrogens is 1. The van der Waals surface area contributed by atoms with Crippen LogP contribution in [0.5, 0.6) is 0 Å². The molecule has 4 heteroatoms. The van der Waals surface area contributed by atoms with E-state index in [1.165, 1.54) is 31.5 Å². The van der Waals surface area contributed by atoms with Crippen molar-refractivity contribution in [1.29, 1.82) is 0 Å². The predicted molar refractivity (Wildman–Crippen MR) is 85.1 cm³/mol. The average Bonchev–Trinajstić information content (AvgIpc) is 2.97. The molecule has 0 aromatic carbocycles. The summed E-state index contributed by atoms with van der Waals surface area (Å²) in [5.74, 6) is 0.219. The van der Waals surface area contributed by atoms with Crippen molar-refractivity contribution in [3.8, 4) is 0 Å². The lowest BCUT2D eigenvalue weighted by molar-refractivity contribution is -0.135. The van der Waals surface area contributed by atoms with Crippen LogP contribution in [0.3, 0.4) is 0 Å². The maximum Gasteiger partial charge on any atom is 0.223 e. The molecule has 0 bridgehead atoms. The van der Waals surface area contributed by atoms with E-state index in [0.29, 0.717) is 6.42 Å². The van der Waals surface area contributed by atoms with Gasteiger partial charge in [0.15, 0.2) is 0 Å². The van der Waals surface area contributed by atoms with Gasteiger partial charge in [-0.25, -0.2) is 0 Å². The summed E-state index contributed by atoms with van der Waals surface area (Å²) in [7, 11) is 1.94. The van der Waals surface area contributed by atoms with Crippen LogP contribution in [0.4, 0.5) is 0 Å². The molecule has 0 N–H and O–H groups in total. The second kappa shape index (κ2) is 7.03. The molecule has 0 unspecified atom stereocenters. The molecular weight excluding hydrogens is 262 g/mol. The third kappa shape index (κ3) is 4.53. The van der Waals surface area contributed by atoms with E-state index in [4.69, 9.17) is 0 Å². The van der Waals surface area contributed by atoms with Crippen molar-refractivity contribution in [2.24, 2.45) is 0 Å². The Labute approximate surface area is 128 Å². The van der Waals surface area contributed by atoms with E-state index < -0.39 is 0 Å². The lowest BCUT2D eigenvalue weighted by Gasteiger charge is -2.38. The third-order valence-corrected chi connectivity index (χ3v) is 4.47. The maximum atomic E-state index is 12.4. The number of nitrogens with zero attached hydrogens (tertiary/aromatic N) is 3. The highest BCUT2D eigenvalue weighted by atomic mass is 16.2. The van der Waals surface area contributed by atoms with E-state index in [1.54, 1.807) is 12.4 Å². The first-order chi connectivity index (χ1) is 9.99. The molecule has 0 atom stereocenters. The van der Waals surface area contributed by atoms with Crippen molar-refractivity contribution in [3.63, 3.8) is 0 Å². The number of likely N-dealkylation sites (N-methyl/N-ethyl adjacent to an activating group) is 1. The molecule has 1 aromatic rings. The van der Waals surface area contributed by atoms with Crippen LogP contribution < -0.4 is 0 Å². The highest BCUT2D eigenvalue weighted by Crippen LogP contribution is 2.19. The van der Waals surface area contributed by atoms with Gasteiger partial charge in [0, 0.05) is 37.9 Å². The van der Waals surface area contributed by atoms with Gasteiger partial charge < -0.3 is 9.80 Å². The zero-order valence-electron chi connectivity index (χ0n) is 13.5. The topological polar surface area (TPSA) is 36.4 Å². The molecule has 1 aliphatic heterocycles. The largest absolute Gasteiger partial charge is 0.339 e. The summed E-state index contributed by atoms with van der Waals surface area (Å²) in [5.41, 5.74) is 1.06. The second-order valence-electron chi connectivity index (χ2n) is 6.60. The van der Waals surface area contributed by atoms with Gasteiger partial charge in [0.25, 0.3) is 0 Å². The van der Waals surface area contributed by atoms with Gasteiger partial charge >= 0.3 is 0 Å². The van der Waals surface area contributed by atoms with Gasteiger partial charge in [-0.3, -0.25) is 9.78 Å². The summed E-state index contributed by atoms with van der Waals surface area (Å²) in [6.45, 7) is 7.63. The van der Waals surface area contributed by atoms with Crippen LogP contribution >= 0.6 is 0 Å². The minimum atomic E-state index is -0.111. The number of hydrogen-bond donors (Lipinski definition) is 0. The first-order valence-electron chi connectivity index (χ1n) is 7.87. The van der Waals surface area contributed by atoms with E-state index in [0.717, 1.165) is 13.0 Å². The first kappa shape index (κ1) is 16.0. The minimum Gasteiger partial charge on any atom is -0.339 e. The monoisotopic (exact) mass is 289 g/mol.